The lowest BCUT2D eigenvalue weighted by atomic mass is 9.92. The quantitative estimate of drug-likeness (QED) is 0.274. The van der Waals surface area contributed by atoms with Gasteiger partial charge in [-0.2, -0.15) is 0 Å². The van der Waals surface area contributed by atoms with E-state index in [1.165, 1.54) is 4.90 Å². The van der Waals surface area contributed by atoms with Gasteiger partial charge in [0, 0.05) is 32.2 Å². The van der Waals surface area contributed by atoms with Gasteiger partial charge < -0.3 is 20.9 Å². The molecule has 0 radical (unpaired) electrons. The van der Waals surface area contributed by atoms with Crippen molar-refractivity contribution in [3.8, 4) is 0 Å². The predicted molar refractivity (Wildman–Crippen MR) is 123 cm³/mol. The lowest BCUT2D eigenvalue weighted by molar-refractivity contribution is -0.129. The molecular formula is C18H29BrIN5O2. The molecule has 1 aromatic carbocycles. The van der Waals surface area contributed by atoms with Crippen LogP contribution in [0.15, 0.2) is 33.7 Å². The standard InChI is InChI=1S/C18H28BrN5O2.HI/c1-18(2,16(26)20-3)12-23-17(22-11-15(25)24(4)5)21-10-13-6-8-14(19)9-7-13;/h6-9H,10-12H2,1-5H3,(H,20,26)(H2,21,22,23);1H. The number of aliphatic imine (C=N–C) groups is 1. The van der Waals surface area contributed by atoms with E-state index in [4.69, 9.17) is 0 Å². The van der Waals surface area contributed by atoms with Gasteiger partial charge in [0.1, 0.15) is 0 Å². The molecule has 0 aliphatic rings. The van der Waals surface area contributed by atoms with Crippen molar-refractivity contribution in [3.63, 3.8) is 0 Å². The first-order valence-corrected chi connectivity index (χ1v) is 9.14. The Hall–Kier alpha value is -1.36. The summed E-state index contributed by atoms with van der Waals surface area (Å²) in [6, 6.07) is 7.86. The number of amides is 2. The minimum atomic E-state index is -0.611. The Balaban J connectivity index is 0.00000676. The van der Waals surface area contributed by atoms with Crippen LogP contribution in [0, 0.1) is 5.41 Å². The summed E-state index contributed by atoms with van der Waals surface area (Å²) in [5.41, 5.74) is 0.430. The molecular weight excluding hydrogens is 525 g/mol. The summed E-state index contributed by atoms with van der Waals surface area (Å²) in [5, 5.41) is 8.82. The minimum Gasteiger partial charge on any atom is -0.359 e. The normalized spacial score (nSPS) is 11.3. The maximum Gasteiger partial charge on any atom is 0.241 e. The van der Waals surface area contributed by atoms with Gasteiger partial charge in [-0.05, 0) is 31.5 Å². The molecule has 0 spiro atoms. The van der Waals surface area contributed by atoms with Crippen molar-refractivity contribution in [1.82, 2.24) is 20.9 Å². The number of nitrogens with one attached hydrogen (secondary N) is 3. The second kappa shape index (κ2) is 12.2. The van der Waals surface area contributed by atoms with E-state index in [1.54, 1.807) is 21.1 Å². The Bertz CT molecular complexity index is 648. The van der Waals surface area contributed by atoms with Gasteiger partial charge in [0.25, 0.3) is 0 Å². The van der Waals surface area contributed by atoms with E-state index in [9.17, 15) is 9.59 Å². The lowest BCUT2D eigenvalue weighted by Gasteiger charge is -2.24. The SMILES string of the molecule is CNC(=O)C(C)(C)CNC(=NCc1ccc(Br)cc1)NCC(=O)N(C)C.I. The van der Waals surface area contributed by atoms with Crippen molar-refractivity contribution >= 4 is 57.7 Å². The van der Waals surface area contributed by atoms with Gasteiger partial charge in [0.2, 0.25) is 11.8 Å². The maximum absolute atomic E-state index is 11.9. The van der Waals surface area contributed by atoms with E-state index in [0.29, 0.717) is 19.0 Å². The van der Waals surface area contributed by atoms with Gasteiger partial charge in [-0.1, -0.05) is 28.1 Å². The van der Waals surface area contributed by atoms with Gasteiger partial charge in [-0.3, -0.25) is 9.59 Å². The number of nitrogens with zero attached hydrogens (tertiary/aromatic N) is 2. The van der Waals surface area contributed by atoms with E-state index < -0.39 is 5.41 Å². The largest absolute Gasteiger partial charge is 0.359 e. The number of guanidine groups is 1. The molecule has 0 heterocycles. The number of likely N-dealkylation sites (N-methyl/N-ethyl adjacent to an activating group) is 1. The molecule has 3 N–H and O–H groups in total. The highest BCUT2D eigenvalue weighted by atomic mass is 127. The van der Waals surface area contributed by atoms with Crippen molar-refractivity contribution in [2.24, 2.45) is 10.4 Å². The Kier molecular flexibility index (Phi) is 11.6. The first kappa shape index (κ1) is 25.6. The third kappa shape index (κ3) is 9.41. The van der Waals surface area contributed by atoms with Crippen molar-refractivity contribution in [3.05, 3.63) is 34.3 Å². The molecule has 0 fully saturated rings. The fourth-order valence-corrected chi connectivity index (χ4v) is 2.24. The van der Waals surface area contributed by atoms with Crippen molar-refractivity contribution < 1.29 is 9.59 Å². The molecule has 7 nitrogen and oxygen atoms in total. The van der Waals surface area contributed by atoms with Crippen LogP contribution in [0.1, 0.15) is 19.4 Å². The first-order valence-electron chi connectivity index (χ1n) is 8.34. The molecule has 1 rings (SSSR count). The highest BCUT2D eigenvalue weighted by molar-refractivity contribution is 14.0. The first-order chi connectivity index (χ1) is 12.2. The predicted octanol–water partition coefficient (Wildman–Crippen LogP) is 1.96. The molecule has 0 saturated heterocycles. The Morgan fingerprint density at radius 3 is 2.26 bits per heavy atom. The van der Waals surface area contributed by atoms with Crippen LogP contribution in [-0.4, -0.2) is 56.9 Å². The van der Waals surface area contributed by atoms with Gasteiger partial charge >= 0.3 is 0 Å². The van der Waals surface area contributed by atoms with Crippen LogP contribution in [0.2, 0.25) is 0 Å². The lowest BCUT2D eigenvalue weighted by Crippen LogP contribution is -2.48. The molecule has 0 saturated carbocycles. The van der Waals surface area contributed by atoms with Crippen molar-refractivity contribution in [2.45, 2.75) is 20.4 Å². The molecule has 0 aliphatic carbocycles. The summed E-state index contributed by atoms with van der Waals surface area (Å²) in [6.45, 7) is 4.65. The molecule has 27 heavy (non-hydrogen) atoms. The second-order valence-electron chi connectivity index (χ2n) is 6.75. The Morgan fingerprint density at radius 2 is 1.74 bits per heavy atom. The summed E-state index contributed by atoms with van der Waals surface area (Å²) in [7, 11) is 5.01. The molecule has 2 amide bonds. The number of halogens is 2. The molecule has 0 bridgehead atoms. The number of benzene rings is 1. The van der Waals surface area contributed by atoms with E-state index in [0.717, 1.165) is 10.0 Å². The van der Waals surface area contributed by atoms with Crippen LogP contribution in [0.25, 0.3) is 0 Å². The topological polar surface area (TPSA) is 85.8 Å². The van der Waals surface area contributed by atoms with Crippen LogP contribution >= 0.6 is 39.9 Å². The molecule has 9 heteroatoms. The Morgan fingerprint density at radius 1 is 1.15 bits per heavy atom. The fraction of sp³-hybridized carbons (Fsp3) is 0.500. The third-order valence-electron chi connectivity index (χ3n) is 3.78. The number of hydrogen-bond acceptors (Lipinski definition) is 3. The van der Waals surface area contributed by atoms with Crippen molar-refractivity contribution in [1.29, 1.82) is 0 Å². The van der Waals surface area contributed by atoms with Crippen LogP contribution in [0.3, 0.4) is 0 Å². The zero-order valence-electron chi connectivity index (χ0n) is 16.4. The summed E-state index contributed by atoms with van der Waals surface area (Å²) < 4.78 is 1.01. The van der Waals surface area contributed by atoms with E-state index in [2.05, 4.69) is 36.9 Å². The number of carbonyl (C=O) groups is 2. The van der Waals surface area contributed by atoms with Crippen molar-refractivity contribution in [2.75, 3.05) is 34.2 Å². The molecule has 0 aromatic heterocycles. The van der Waals surface area contributed by atoms with Crippen LogP contribution in [-0.2, 0) is 16.1 Å². The van der Waals surface area contributed by atoms with Gasteiger partial charge in [-0.25, -0.2) is 4.99 Å². The summed E-state index contributed by atoms with van der Waals surface area (Å²) in [6.07, 6.45) is 0. The van der Waals surface area contributed by atoms with Gasteiger partial charge in [0.05, 0.1) is 18.5 Å². The monoisotopic (exact) mass is 553 g/mol. The molecule has 0 unspecified atom stereocenters. The number of hydrogen-bond donors (Lipinski definition) is 3. The second-order valence-corrected chi connectivity index (χ2v) is 7.67. The average Bonchev–Trinajstić information content (AvgIpc) is 2.61. The molecule has 0 atom stereocenters. The molecule has 1 aromatic rings. The zero-order valence-corrected chi connectivity index (χ0v) is 20.3. The number of rotatable bonds is 7. The summed E-state index contributed by atoms with van der Waals surface area (Å²) in [4.78, 5) is 29.8. The molecule has 152 valence electrons. The summed E-state index contributed by atoms with van der Waals surface area (Å²) in [5.74, 6) is 0.357. The third-order valence-corrected chi connectivity index (χ3v) is 4.31. The van der Waals surface area contributed by atoms with Crippen LogP contribution in [0.4, 0.5) is 0 Å². The van der Waals surface area contributed by atoms with E-state index in [1.807, 2.05) is 38.1 Å². The fourth-order valence-electron chi connectivity index (χ4n) is 1.98. The number of carbonyl (C=O) groups excluding carboxylic acids is 2. The zero-order chi connectivity index (χ0) is 19.7. The highest BCUT2D eigenvalue weighted by Crippen LogP contribution is 2.13. The van der Waals surface area contributed by atoms with E-state index >= 15 is 0 Å². The smallest absolute Gasteiger partial charge is 0.241 e. The van der Waals surface area contributed by atoms with Gasteiger partial charge in [-0.15, -0.1) is 24.0 Å². The van der Waals surface area contributed by atoms with Crippen LogP contribution in [0.5, 0.6) is 0 Å². The maximum atomic E-state index is 11.9. The van der Waals surface area contributed by atoms with Gasteiger partial charge in [0.15, 0.2) is 5.96 Å². The highest BCUT2D eigenvalue weighted by Gasteiger charge is 2.26. The summed E-state index contributed by atoms with van der Waals surface area (Å²) >= 11 is 3.41. The van der Waals surface area contributed by atoms with Crippen LogP contribution < -0.4 is 16.0 Å². The Labute approximate surface area is 186 Å². The molecule has 0 aliphatic heterocycles. The minimum absolute atomic E-state index is 0. The van der Waals surface area contributed by atoms with E-state index in [-0.39, 0.29) is 42.3 Å². The average molecular weight is 554 g/mol.